The molecule has 0 saturated heterocycles. The minimum atomic E-state index is 0.557. The fraction of sp³-hybridized carbons (Fsp3) is 0.182. The minimum Gasteiger partial charge on any atom is -0.287 e. The Balaban J connectivity index is 2.67. The van der Waals surface area contributed by atoms with E-state index in [9.17, 15) is 0 Å². The molecule has 0 spiro atoms. The van der Waals surface area contributed by atoms with Gasteiger partial charge in [0, 0.05) is 18.1 Å². The first-order valence-corrected chi connectivity index (χ1v) is 4.60. The number of pyridine rings is 1. The summed E-state index contributed by atoms with van der Waals surface area (Å²) in [4.78, 5) is 8.46. The zero-order valence-electron chi connectivity index (χ0n) is 8.60. The first-order valence-electron chi connectivity index (χ1n) is 4.60. The van der Waals surface area contributed by atoms with Gasteiger partial charge < -0.3 is 0 Å². The maximum atomic E-state index is 8.98. The number of nitrogens with zero attached hydrogens (tertiary/aromatic N) is 4. The molecule has 0 aromatic carbocycles. The van der Waals surface area contributed by atoms with Crippen molar-refractivity contribution in [3.63, 3.8) is 0 Å². The lowest BCUT2D eigenvalue weighted by molar-refractivity contribution is 0.917. The van der Waals surface area contributed by atoms with E-state index in [1.165, 1.54) is 0 Å². The maximum Gasteiger partial charge on any atom is 0.156 e. The van der Waals surface area contributed by atoms with Gasteiger partial charge in [-0.1, -0.05) is 0 Å². The molecule has 0 atom stereocenters. The van der Waals surface area contributed by atoms with Crippen LogP contribution in [0.5, 0.6) is 0 Å². The van der Waals surface area contributed by atoms with E-state index >= 15 is 0 Å². The molecule has 0 saturated carbocycles. The van der Waals surface area contributed by atoms with Crippen molar-refractivity contribution in [2.75, 3.05) is 0 Å². The summed E-state index contributed by atoms with van der Waals surface area (Å²) in [6.07, 6.45) is 3.50. The highest BCUT2D eigenvalue weighted by molar-refractivity contribution is 5.44. The molecular weight excluding hydrogens is 188 g/mol. The standard InChI is InChI=1S/C11H10N4/c1-8-3-4-10(7-12)11(14-8)15-6-5-13-9(15)2/h3-6H,1-2H3. The van der Waals surface area contributed by atoms with Gasteiger partial charge in [0.2, 0.25) is 0 Å². The van der Waals surface area contributed by atoms with Crippen LogP contribution in [0.2, 0.25) is 0 Å². The summed E-state index contributed by atoms with van der Waals surface area (Å²) >= 11 is 0. The Bertz CT molecular complexity index is 534. The van der Waals surface area contributed by atoms with Crippen LogP contribution in [0, 0.1) is 25.2 Å². The molecule has 0 aliphatic rings. The predicted molar refractivity (Wildman–Crippen MR) is 55.5 cm³/mol. The van der Waals surface area contributed by atoms with Crippen LogP contribution in [-0.4, -0.2) is 14.5 Å². The third-order valence-corrected chi connectivity index (χ3v) is 2.19. The van der Waals surface area contributed by atoms with E-state index in [0.717, 1.165) is 11.5 Å². The van der Waals surface area contributed by atoms with Crippen LogP contribution < -0.4 is 0 Å². The minimum absolute atomic E-state index is 0.557. The van der Waals surface area contributed by atoms with Crippen LogP contribution in [0.3, 0.4) is 0 Å². The van der Waals surface area contributed by atoms with Gasteiger partial charge in [-0.05, 0) is 26.0 Å². The van der Waals surface area contributed by atoms with Crippen molar-refractivity contribution in [2.24, 2.45) is 0 Å². The van der Waals surface area contributed by atoms with Gasteiger partial charge in [0.25, 0.3) is 0 Å². The summed E-state index contributed by atoms with van der Waals surface area (Å²) in [6, 6.07) is 5.73. The molecule has 0 N–H and O–H groups in total. The third-order valence-electron chi connectivity index (χ3n) is 2.19. The molecule has 0 aliphatic heterocycles. The molecular formula is C11H10N4. The van der Waals surface area contributed by atoms with E-state index in [-0.39, 0.29) is 0 Å². The first kappa shape index (κ1) is 9.41. The van der Waals surface area contributed by atoms with Crippen LogP contribution in [0.15, 0.2) is 24.5 Å². The lowest BCUT2D eigenvalue weighted by Gasteiger charge is -2.06. The monoisotopic (exact) mass is 198 g/mol. The van der Waals surface area contributed by atoms with Crippen molar-refractivity contribution in [1.82, 2.24) is 14.5 Å². The zero-order valence-corrected chi connectivity index (χ0v) is 8.60. The maximum absolute atomic E-state index is 8.98. The fourth-order valence-electron chi connectivity index (χ4n) is 1.42. The molecule has 0 radical (unpaired) electrons. The number of rotatable bonds is 1. The lowest BCUT2D eigenvalue weighted by Crippen LogP contribution is -2.02. The highest BCUT2D eigenvalue weighted by Crippen LogP contribution is 2.13. The van der Waals surface area contributed by atoms with Crippen LogP contribution >= 0.6 is 0 Å². The number of nitriles is 1. The van der Waals surface area contributed by atoms with Crippen LogP contribution in [-0.2, 0) is 0 Å². The zero-order chi connectivity index (χ0) is 10.8. The number of hydrogen-bond donors (Lipinski definition) is 0. The normalized spacial score (nSPS) is 9.93. The Hall–Kier alpha value is -2.15. The topological polar surface area (TPSA) is 54.5 Å². The van der Waals surface area contributed by atoms with Gasteiger partial charge in [0.1, 0.15) is 11.9 Å². The van der Waals surface area contributed by atoms with Gasteiger partial charge in [-0.15, -0.1) is 0 Å². The average Bonchev–Trinajstić information content (AvgIpc) is 2.64. The fourth-order valence-corrected chi connectivity index (χ4v) is 1.42. The van der Waals surface area contributed by atoms with Gasteiger partial charge in [-0.25, -0.2) is 9.97 Å². The van der Waals surface area contributed by atoms with E-state index in [1.807, 2.05) is 24.5 Å². The van der Waals surface area contributed by atoms with Crippen molar-refractivity contribution in [1.29, 1.82) is 5.26 Å². The van der Waals surface area contributed by atoms with Crippen molar-refractivity contribution < 1.29 is 0 Å². The second-order valence-electron chi connectivity index (χ2n) is 3.28. The number of imidazole rings is 1. The highest BCUT2D eigenvalue weighted by Gasteiger charge is 2.08. The Labute approximate surface area is 87.8 Å². The molecule has 2 rings (SSSR count). The molecule has 15 heavy (non-hydrogen) atoms. The van der Waals surface area contributed by atoms with E-state index in [2.05, 4.69) is 16.0 Å². The van der Waals surface area contributed by atoms with Crippen LogP contribution in [0.4, 0.5) is 0 Å². The number of aromatic nitrogens is 3. The molecule has 0 bridgehead atoms. The van der Waals surface area contributed by atoms with Crippen molar-refractivity contribution in [3.05, 3.63) is 41.6 Å². The second-order valence-corrected chi connectivity index (χ2v) is 3.28. The van der Waals surface area contributed by atoms with Gasteiger partial charge in [0.15, 0.2) is 5.82 Å². The molecule has 0 fully saturated rings. The summed E-state index contributed by atoms with van der Waals surface area (Å²) in [5.74, 6) is 1.47. The van der Waals surface area contributed by atoms with Crippen LogP contribution in [0.25, 0.3) is 5.82 Å². The van der Waals surface area contributed by atoms with Crippen LogP contribution in [0.1, 0.15) is 17.1 Å². The summed E-state index contributed by atoms with van der Waals surface area (Å²) in [6.45, 7) is 3.78. The average molecular weight is 198 g/mol. The lowest BCUT2D eigenvalue weighted by atomic mass is 10.2. The summed E-state index contributed by atoms with van der Waals surface area (Å²) in [7, 11) is 0. The SMILES string of the molecule is Cc1ccc(C#N)c(-n2ccnc2C)n1. The number of aryl methyl sites for hydroxylation is 2. The Morgan fingerprint density at radius 1 is 1.33 bits per heavy atom. The smallest absolute Gasteiger partial charge is 0.156 e. The van der Waals surface area contributed by atoms with Crippen molar-refractivity contribution in [3.8, 4) is 11.9 Å². The van der Waals surface area contributed by atoms with E-state index in [0.29, 0.717) is 11.4 Å². The molecule has 0 unspecified atom stereocenters. The van der Waals surface area contributed by atoms with Gasteiger partial charge >= 0.3 is 0 Å². The largest absolute Gasteiger partial charge is 0.287 e. The number of hydrogen-bond acceptors (Lipinski definition) is 3. The van der Waals surface area contributed by atoms with Crippen molar-refractivity contribution >= 4 is 0 Å². The predicted octanol–water partition coefficient (Wildman–Crippen LogP) is 1.76. The van der Waals surface area contributed by atoms with E-state index in [1.54, 1.807) is 18.5 Å². The molecule has 0 amide bonds. The quantitative estimate of drug-likeness (QED) is 0.701. The molecule has 2 aromatic heterocycles. The summed E-state index contributed by atoms with van der Waals surface area (Å²) in [5.41, 5.74) is 1.44. The van der Waals surface area contributed by atoms with Crippen molar-refractivity contribution in [2.45, 2.75) is 13.8 Å². The van der Waals surface area contributed by atoms with Gasteiger partial charge in [0.05, 0.1) is 5.56 Å². The Morgan fingerprint density at radius 2 is 2.13 bits per heavy atom. The second kappa shape index (κ2) is 3.54. The van der Waals surface area contributed by atoms with E-state index in [4.69, 9.17) is 5.26 Å². The Morgan fingerprint density at radius 3 is 2.73 bits per heavy atom. The molecule has 74 valence electrons. The molecule has 2 aromatic rings. The Kier molecular flexibility index (Phi) is 2.22. The molecule has 4 heteroatoms. The highest BCUT2D eigenvalue weighted by atomic mass is 15.1. The van der Waals surface area contributed by atoms with Gasteiger partial charge in [-0.2, -0.15) is 5.26 Å². The van der Waals surface area contributed by atoms with E-state index < -0.39 is 0 Å². The van der Waals surface area contributed by atoms with Gasteiger partial charge in [-0.3, -0.25) is 4.57 Å². The first-order chi connectivity index (χ1) is 7.22. The summed E-state index contributed by atoms with van der Waals surface area (Å²) in [5, 5.41) is 8.98. The molecule has 0 aliphatic carbocycles. The molecule has 2 heterocycles. The third kappa shape index (κ3) is 1.59. The molecule has 4 nitrogen and oxygen atoms in total. The summed E-state index contributed by atoms with van der Waals surface area (Å²) < 4.78 is 1.81.